The van der Waals surface area contributed by atoms with Crippen LogP contribution >= 0.6 is 22.9 Å². The van der Waals surface area contributed by atoms with Gasteiger partial charge in [-0.1, -0.05) is 35.6 Å². The lowest BCUT2D eigenvalue weighted by Crippen LogP contribution is -2.11. The quantitative estimate of drug-likeness (QED) is 0.836. The van der Waals surface area contributed by atoms with Crippen LogP contribution in [0.2, 0.25) is 5.02 Å². The highest BCUT2D eigenvalue weighted by Gasteiger charge is 2.09. The van der Waals surface area contributed by atoms with E-state index < -0.39 is 0 Å². The molecule has 0 bridgehead atoms. The number of carbonyl (C=O) groups excluding carboxylic acids is 1. The van der Waals surface area contributed by atoms with Gasteiger partial charge in [0.1, 0.15) is 6.61 Å². The van der Waals surface area contributed by atoms with E-state index in [-0.39, 0.29) is 12.5 Å². The van der Waals surface area contributed by atoms with Gasteiger partial charge in [0.05, 0.1) is 21.2 Å². The van der Waals surface area contributed by atoms with Crippen molar-refractivity contribution in [2.75, 3.05) is 11.9 Å². The number of aliphatic hydroxyl groups excluding tert-OH is 1. The zero-order valence-electron chi connectivity index (χ0n) is 9.81. The second-order valence-corrected chi connectivity index (χ2v) is 4.91. The summed E-state index contributed by atoms with van der Waals surface area (Å²) in [6.07, 6.45) is 0. The molecule has 2 aromatic rings. The minimum atomic E-state index is -0.235. The van der Waals surface area contributed by atoms with E-state index in [0.29, 0.717) is 16.3 Å². The van der Waals surface area contributed by atoms with Crippen LogP contribution in [0.3, 0.4) is 0 Å². The second kappa shape index (κ2) is 6.39. The molecular weight excluding hydrogens is 282 g/mol. The summed E-state index contributed by atoms with van der Waals surface area (Å²) in [6, 6.07) is 8.72. The summed E-state index contributed by atoms with van der Waals surface area (Å²) in [5.74, 6) is 5.06. The first-order valence-electron chi connectivity index (χ1n) is 5.45. The van der Waals surface area contributed by atoms with E-state index in [1.54, 1.807) is 35.7 Å². The highest BCUT2D eigenvalue weighted by molar-refractivity contribution is 7.10. The van der Waals surface area contributed by atoms with Crippen molar-refractivity contribution in [3.8, 4) is 11.8 Å². The molecule has 0 aliphatic carbocycles. The predicted octanol–water partition coefficient (Wildman–Crippen LogP) is 3.00. The van der Waals surface area contributed by atoms with E-state index in [4.69, 9.17) is 16.7 Å². The van der Waals surface area contributed by atoms with Crippen LogP contribution in [0, 0.1) is 11.8 Å². The molecule has 2 N–H and O–H groups in total. The summed E-state index contributed by atoms with van der Waals surface area (Å²) in [6.45, 7) is -0.195. The number of hydrogen-bond acceptors (Lipinski definition) is 3. The van der Waals surface area contributed by atoms with Gasteiger partial charge in [0.2, 0.25) is 0 Å². The average molecular weight is 292 g/mol. The standard InChI is InChI=1S/C14H10ClNO2S/c15-12-5-1-2-6-13(12)16-14(18)10-8-11(19-9-10)4-3-7-17/h1-2,5-6,8-9,17H,7H2,(H,16,18). The Hall–Kier alpha value is -1.80. The van der Waals surface area contributed by atoms with Crippen molar-refractivity contribution in [2.45, 2.75) is 0 Å². The van der Waals surface area contributed by atoms with Crippen LogP contribution in [0.4, 0.5) is 5.69 Å². The maximum Gasteiger partial charge on any atom is 0.256 e. The number of anilines is 1. The van der Waals surface area contributed by atoms with Crippen molar-refractivity contribution in [3.63, 3.8) is 0 Å². The number of nitrogens with one attached hydrogen (secondary N) is 1. The largest absolute Gasteiger partial charge is 0.384 e. The van der Waals surface area contributed by atoms with Crippen LogP contribution in [0.5, 0.6) is 0 Å². The first-order valence-corrected chi connectivity index (χ1v) is 6.70. The molecule has 0 atom stereocenters. The fraction of sp³-hybridized carbons (Fsp3) is 0.0714. The number of carbonyl (C=O) groups is 1. The topological polar surface area (TPSA) is 49.3 Å². The van der Waals surface area contributed by atoms with Gasteiger partial charge < -0.3 is 10.4 Å². The predicted molar refractivity (Wildman–Crippen MR) is 77.7 cm³/mol. The van der Waals surface area contributed by atoms with Gasteiger partial charge in [0.15, 0.2) is 0 Å². The van der Waals surface area contributed by atoms with E-state index in [0.717, 1.165) is 4.88 Å². The molecule has 0 spiro atoms. The van der Waals surface area contributed by atoms with Crippen LogP contribution in [0.25, 0.3) is 0 Å². The fourth-order valence-corrected chi connectivity index (χ4v) is 2.34. The van der Waals surface area contributed by atoms with E-state index in [9.17, 15) is 4.79 Å². The van der Waals surface area contributed by atoms with Crippen molar-refractivity contribution in [1.29, 1.82) is 0 Å². The highest BCUT2D eigenvalue weighted by Crippen LogP contribution is 2.22. The summed E-state index contributed by atoms with van der Waals surface area (Å²) in [5, 5.41) is 13.5. The number of amides is 1. The molecule has 19 heavy (non-hydrogen) atoms. The van der Waals surface area contributed by atoms with Crippen LogP contribution in [-0.2, 0) is 0 Å². The van der Waals surface area contributed by atoms with Gasteiger partial charge in [-0.3, -0.25) is 4.79 Å². The van der Waals surface area contributed by atoms with E-state index in [1.165, 1.54) is 11.3 Å². The molecule has 0 saturated carbocycles. The number of benzene rings is 1. The Balaban J connectivity index is 2.12. The average Bonchev–Trinajstić information content (AvgIpc) is 2.88. The molecule has 96 valence electrons. The molecule has 5 heteroatoms. The molecule has 1 aromatic heterocycles. The third-order valence-corrected chi connectivity index (χ3v) is 3.45. The summed E-state index contributed by atoms with van der Waals surface area (Å²) in [7, 11) is 0. The van der Waals surface area contributed by atoms with Gasteiger partial charge in [0, 0.05) is 5.38 Å². The van der Waals surface area contributed by atoms with Crippen LogP contribution in [0.1, 0.15) is 15.2 Å². The van der Waals surface area contributed by atoms with Crippen molar-refractivity contribution in [3.05, 3.63) is 51.2 Å². The lowest BCUT2D eigenvalue weighted by molar-refractivity contribution is 0.102. The Morgan fingerprint density at radius 3 is 2.95 bits per heavy atom. The molecule has 1 amide bonds. The van der Waals surface area contributed by atoms with E-state index in [1.807, 2.05) is 0 Å². The summed E-state index contributed by atoms with van der Waals surface area (Å²) < 4.78 is 0. The molecular formula is C14H10ClNO2S. The Bertz CT molecular complexity index is 655. The zero-order valence-corrected chi connectivity index (χ0v) is 11.4. The molecule has 2 rings (SSSR count). The molecule has 3 nitrogen and oxygen atoms in total. The smallest absolute Gasteiger partial charge is 0.256 e. The van der Waals surface area contributed by atoms with Crippen LogP contribution in [0.15, 0.2) is 35.7 Å². The molecule has 0 aliphatic rings. The van der Waals surface area contributed by atoms with Gasteiger partial charge in [-0.2, -0.15) is 0 Å². The number of aliphatic hydroxyl groups is 1. The fourth-order valence-electron chi connectivity index (χ4n) is 1.40. The summed E-state index contributed by atoms with van der Waals surface area (Å²) in [5.41, 5.74) is 1.09. The maximum absolute atomic E-state index is 12.0. The van der Waals surface area contributed by atoms with E-state index >= 15 is 0 Å². The Morgan fingerprint density at radius 2 is 2.21 bits per heavy atom. The summed E-state index contributed by atoms with van der Waals surface area (Å²) in [4.78, 5) is 12.7. The van der Waals surface area contributed by atoms with Crippen molar-refractivity contribution in [2.24, 2.45) is 0 Å². The minimum absolute atomic E-state index is 0.195. The maximum atomic E-state index is 12.0. The van der Waals surface area contributed by atoms with Crippen LogP contribution in [-0.4, -0.2) is 17.6 Å². The van der Waals surface area contributed by atoms with Crippen molar-refractivity contribution >= 4 is 34.5 Å². The number of thiophene rings is 1. The Labute approximate surface area is 119 Å². The van der Waals surface area contributed by atoms with Crippen molar-refractivity contribution in [1.82, 2.24) is 0 Å². The van der Waals surface area contributed by atoms with Gasteiger partial charge in [0.25, 0.3) is 5.91 Å². The summed E-state index contributed by atoms with van der Waals surface area (Å²) >= 11 is 7.32. The highest BCUT2D eigenvalue weighted by atomic mass is 35.5. The lowest BCUT2D eigenvalue weighted by atomic mass is 10.2. The molecule has 0 fully saturated rings. The number of halogens is 1. The van der Waals surface area contributed by atoms with Gasteiger partial charge in [-0.25, -0.2) is 0 Å². The Morgan fingerprint density at radius 1 is 1.42 bits per heavy atom. The number of hydrogen-bond donors (Lipinski definition) is 2. The lowest BCUT2D eigenvalue weighted by Gasteiger charge is -2.05. The molecule has 0 saturated heterocycles. The Kier molecular flexibility index (Phi) is 4.58. The third-order valence-electron chi connectivity index (χ3n) is 2.27. The van der Waals surface area contributed by atoms with Gasteiger partial charge in [-0.15, -0.1) is 11.3 Å². The molecule has 0 unspecified atom stereocenters. The third kappa shape index (κ3) is 3.58. The molecule has 1 heterocycles. The van der Waals surface area contributed by atoms with Gasteiger partial charge in [-0.05, 0) is 18.2 Å². The molecule has 0 aliphatic heterocycles. The minimum Gasteiger partial charge on any atom is -0.384 e. The monoisotopic (exact) mass is 291 g/mol. The van der Waals surface area contributed by atoms with Gasteiger partial charge >= 0.3 is 0 Å². The van der Waals surface area contributed by atoms with Crippen molar-refractivity contribution < 1.29 is 9.90 Å². The molecule has 1 aromatic carbocycles. The first kappa shape index (κ1) is 13.6. The first-order chi connectivity index (χ1) is 9.20. The number of para-hydroxylation sites is 1. The van der Waals surface area contributed by atoms with Crippen LogP contribution < -0.4 is 5.32 Å². The molecule has 0 radical (unpaired) electrons. The zero-order chi connectivity index (χ0) is 13.7. The second-order valence-electron chi connectivity index (χ2n) is 3.59. The SMILES string of the molecule is O=C(Nc1ccccc1Cl)c1csc(C#CCO)c1. The van der Waals surface area contributed by atoms with E-state index in [2.05, 4.69) is 17.2 Å². The number of rotatable bonds is 2. The normalized spacial score (nSPS) is 9.58.